The van der Waals surface area contributed by atoms with Gasteiger partial charge in [0.1, 0.15) is 6.04 Å². The van der Waals surface area contributed by atoms with Crippen molar-refractivity contribution in [2.45, 2.75) is 26.3 Å². The molecule has 0 aromatic rings. The van der Waals surface area contributed by atoms with Crippen LogP contribution in [0.25, 0.3) is 0 Å². The average molecular weight is 180 g/mol. The van der Waals surface area contributed by atoms with E-state index in [1.807, 2.05) is 13.8 Å². The van der Waals surface area contributed by atoms with Gasteiger partial charge in [0.25, 0.3) is 0 Å². The smallest absolute Gasteiger partial charge is 0.321 e. The molecule has 0 aliphatic carbocycles. The Morgan fingerprint density at radius 3 is 2.36 bits per heavy atom. The Hall–Kier alpha value is -0.280. The Morgan fingerprint density at radius 1 is 1.64 bits per heavy atom. The second-order valence-corrected chi connectivity index (χ2v) is 3.46. The van der Waals surface area contributed by atoms with Crippen LogP contribution in [0.3, 0.4) is 0 Å². The number of halogens is 1. The van der Waals surface area contributed by atoms with Crippen molar-refractivity contribution in [2.24, 2.45) is 5.41 Å². The first-order chi connectivity index (χ1) is 4.54. The maximum atomic E-state index is 10.6. The zero-order valence-electron chi connectivity index (χ0n) is 6.76. The molecule has 66 valence electrons. The van der Waals surface area contributed by atoms with E-state index >= 15 is 0 Å². The van der Waals surface area contributed by atoms with E-state index in [9.17, 15) is 4.79 Å². The summed E-state index contributed by atoms with van der Waals surface area (Å²) in [5.41, 5.74) is -0.0775. The predicted octanol–water partition coefficient (Wildman–Crippen LogP) is 0.881. The van der Waals surface area contributed by atoms with Gasteiger partial charge in [-0.2, -0.15) is 0 Å². The van der Waals surface area contributed by atoms with Gasteiger partial charge in [0.05, 0.1) is 0 Å². The van der Waals surface area contributed by atoms with E-state index in [1.54, 1.807) is 0 Å². The second kappa shape index (κ2) is 3.41. The summed E-state index contributed by atoms with van der Waals surface area (Å²) in [6.45, 7) is 4.78. The maximum Gasteiger partial charge on any atom is 0.321 e. The van der Waals surface area contributed by atoms with Crippen LogP contribution in [-0.2, 0) is 4.79 Å². The second-order valence-electron chi connectivity index (χ2n) is 3.46. The van der Waals surface area contributed by atoms with E-state index in [1.165, 1.54) is 0 Å². The molecule has 1 heterocycles. The molecule has 11 heavy (non-hydrogen) atoms. The quantitative estimate of drug-likeness (QED) is 0.629. The zero-order valence-corrected chi connectivity index (χ0v) is 7.57. The number of hydrogen-bond acceptors (Lipinski definition) is 2. The van der Waals surface area contributed by atoms with Crippen LogP contribution in [0, 0.1) is 5.41 Å². The summed E-state index contributed by atoms with van der Waals surface area (Å²) in [5, 5.41) is 11.6. The van der Waals surface area contributed by atoms with E-state index < -0.39 is 5.97 Å². The van der Waals surface area contributed by atoms with Gasteiger partial charge in [0.15, 0.2) is 0 Å². The van der Waals surface area contributed by atoms with Gasteiger partial charge in [-0.05, 0) is 18.4 Å². The number of hydrogen-bond donors (Lipinski definition) is 2. The minimum Gasteiger partial charge on any atom is -0.480 e. The van der Waals surface area contributed by atoms with Crippen molar-refractivity contribution in [2.75, 3.05) is 6.54 Å². The van der Waals surface area contributed by atoms with Gasteiger partial charge in [-0.25, -0.2) is 0 Å². The number of carbonyl (C=O) groups is 1. The molecule has 0 amide bonds. The van der Waals surface area contributed by atoms with E-state index in [4.69, 9.17) is 5.11 Å². The molecule has 1 saturated heterocycles. The average Bonchev–Trinajstić information content (AvgIpc) is 2.08. The Bertz CT molecular complexity index is 159. The lowest BCUT2D eigenvalue weighted by Gasteiger charge is -2.21. The van der Waals surface area contributed by atoms with Gasteiger partial charge in [-0.15, -0.1) is 12.4 Å². The van der Waals surface area contributed by atoms with Crippen LogP contribution >= 0.6 is 12.4 Å². The highest BCUT2D eigenvalue weighted by Crippen LogP contribution is 2.29. The first kappa shape index (κ1) is 10.7. The molecule has 0 saturated carbocycles. The van der Waals surface area contributed by atoms with E-state index in [0.29, 0.717) is 0 Å². The Morgan fingerprint density at radius 2 is 2.18 bits per heavy atom. The van der Waals surface area contributed by atoms with Crippen LogP contribution in [0.4, 0.5) is 0 Å². The molecule has 1 atom stereocenters. The molecule has 0 aromatic carbocycles. The van der Waals surface area contributed by atoms with Crippen LogP contribution in [0.15, 0.2) is 0 Å². The molecule has 0 unspecified atom stereocenters. The highest BCUT2D eigenvalue weighted by atomic mass is 35.5. The molecule has 1 fully saturated rings. The lowest BCUT2D eigenvalue weighted by Crippen LogP contribution is -2.39. The van der Waals surface area contributed by atoms with Crippen molar-refractivity contribution in [1.29, 1.82) is 0 Å². The fourth-order valence-electron chi connectivity index (χ4n) is 1.38. The summed E-state index contributed by atoms with van der Waals surface area (Å²) in [7, 11) is 0. The molecule has 1 aliphatic heterocycles. The third kappa shape index (κ3) is 2.07. The Labute approximate surface area is 72.6 Å². The van der Waals surface area contributed by atoms with Gasteiger partial charge in [-0.3, -0.25) is 4.79 Å². The molecule has 0 radical (unpaired) electrons. The van der Waals surface area contributed by atoms with Gasteiger partial charge in [0.2, 0.25) is 0 Å². The summed E-state index contributed by atoms with van der Waals surface area (Å²) in [5.74, 6) is -0.734. The molecule has 0 aromatic heterocycles. The van der Waals surface area contributed by atoms with Crippen molar-refractivity contribution in [3.63, 3.8) is 0 Å². The van der Waals surface area contributed by atoms with Crippen molar-refractivity contribution in [3.05, 3.63) is 0 Å². The predicted molar refractivity (Wildman–Crippen MR) is 45.1 cm³/mol. The minimum absolute atomic E-state index is 0. The zero-order chi connectivity index (χ0) is 7.78. The Kier molecular flexibility index (Phi) is 3.32. The molecule has 2 N–H and O–H groups in total. The number of carboxylic acid groups (broad SMARTS) is 1. The normalized spacial score (nSPS) is 27.6. The van der Waals surface area contributed by atoms with Crippen LogP contribution in [0.1, 0.15) is 20.3 Å². The first-order valence-electron chi connectivity index (χ1n) is 3.50. The highest BCUT2D eigenvalue weighted by Gasteiger charge is 2.38. The summed E-state index contributed by atoms with van der Waals surface area (Å²) in [4.78, 5) is 10.6. The monoisotopic (exact) mass is 179 g/mol. The fraction of sp³-hybridized carbons (Fsp3) is 0.857. The summed E-state index contributed by atoms with van der Waals surface area (Å²) >= 11 is 0. The van der Waals surface area contributed by atoms with Gasteiger partial charge in [0, 0.05) is 0 Å². The number of nitrogens with one attached hydrogen (secondary N) is 1. The standard InChI is InChI=1S/C7H13NO2.ClH/c1-7(2)3-4-8-5(7)6(9)10;/h5,8H,3-4H2,1-2H3,(H,9,10);1H/t5-;/m1./s1. The summed E-state index contributed by atoms with van der Waals surface area (Å²) in [6.07, 6.45) is 0.948. The summed E-state index contributed by atoms with van der Waals surface area (Å²) in [6, 6.07) is -0.354. The van der Waals surface area contributed by atoms with Crippen molar-refractivity contribution in [3.8, 4) is 0 Å². The van der Waals surface area contributed by atoms with Crippen molar-refractivity contribution < 1.29 is 9.90 Å². The molecule has 4 heteroatoms. The largest absolute Gasteiger partial charge is 0.480 e. The van der Waals surface area contributed by atoms with Gasteiger partial charge in [-0.1, -0.05) is 13.8 Å². The van der Waals surface area contributed by atoms with Crippen LogP contribution in [0.5, 0.6) is 0 Å². The van der Waals surface area contributed by atoms with Crippen molar-refractivity contribution in [1.82, 2.24) is 5.32 Å². The molecule has 1 aliphatic rings. The fourth-order valence-corrected chi connectivity index (χ4v) is 1.38. The molecule has 0 bridgehead atoms. The van der Waals surface area contributed by atoms with Crippen LogP contribution in [-0.4, -0.2) is 23.7 Å². The highest BCUT2D eigenvalue weighted by molar-refractivity contribution is 5.85. The van der Waals surface area contributed by atoms with E-state index in [0.717, 1.165) is 13.0 Å². The topological polar surface area (TPSA) is 49.3 Å². The SMILES string of the molecule is CC1(C)CCN[C@@H]1C(=O)O.Cl. The summed E-state index contributed by atoms with van der Waals surface area (Å²) < 4.78 is 0. The molecular weight excluding hydrogens is 166 g/mol. The van der Waals surface area contributed by atoms with Crippen LogP contribution < -0.4 is 5.32 Å². The minimum atomic E-state index is -0.734. The Balaban J connectivity index is 0.000001000. The maximum absolute atomic E-state index is 10.6. The number of carboxylic acids is 1. The first-order valence-corrected chi connectivity index (χ1v) is 3.50. The van der Waals surface area contributed by atoms with Gasteiger partial charge < -0.3 is 10.4 Å². The molecular formula is C7H14ClNO2. The number of aliphatic carboxylic acids is 1. The van der Waals surface area contributed by atoms with E-state index in [-0.39, 0.29) is 23.9 Å². The third-order valence-corrected chi connectivity index (χ3v) is 2.15. The molecule has 3 nitrogen and oxygen atoms in total. The lowest BCUT2D eigenvalue weighted by molar-refractivity contribution is -0.141. The molecule has 1 rings (SSSR count). The van der Waals surface area contributed by atoms with Gasteiger partial charge >= 0.3 is 5.97 Å². The molecule has 0 spiro atoms. The van der Waals surface area contributed by atoms with Crippen molar-refractivity contribution >= 4 is 18.4 Å². The third-order valence-electron chi connectivity index (χ3n) is 2.15. The number of rotatable bonds is 1. The van der Waals surface area contributed by atoms with Crippen LogP contribution in [0.2, 0.25) is 0 Å². The van der Waals surface area contributed by atoms with E-state index in [2.05, 4.69) is 5.32 Å². The lowest BCUT2D eigenvalue weighted by atomic mass is 9.85.